The number of aryl methyl sites for hydroxylation is 1. The van der Waals surface area contributed by atoms with E-state index in [2.05, 4.69) is 50.2 Å². The molecule has 0 aliphatic heterocycles. The Hall–Kier alpha value is -3.32. The lowest BCUT2D eigenvalue weighted by atomic mass is 9.85. The van der Waals surface area contributed by atoms with Gasteiger partial charge in [0.2, 0.25) is 5.95 Å². The molecule has 40 heavy (non-hydrogen) atoms. The first-order valence-corrected chi connectivity index (χ1v) is 17.3. The van der Waals surface area contributed by atoms with Crippen LogP contribution in [0.1, 0.15) is 48.6 Å². The second-order valence-corrected chi connectivity index (χ2v) is 17.3. The third-order valence-corrected chi connectivity index (χ3v) is 8.90. The second-order valence-electron chi connectivity index (χ2n) is 11.7. The van der Waals surface area contributed by atoms with Crippen LogP contribution < -0.4 is 5.32 Å². The van der Waals surface area contributed by atoms with E-state index in [9.17, 15) is 13.2 Å². The minimum absolute atomic E-state index is 0.0159. The van der Waals surface area contributed by atoms with E-state index in [1.807, 2.05) is 28.8 Å². The van der Waals surface area contributed by atoms with E-state index in [4.69, 9.17) is 4.74 Å². The summed E-state index contributed by atoms with van der Waals surface area (Å²) in [5.41, 5.74) is 0.393. The van der Waals surface area contributed by atoms with Gasteiger partial charge in [0.15, 0.2) is 5.65 Å². The van der Waals surface area contributed by atoms with E-state index in [0.717, 1.165) is 49.4 Å². The Morgan fingerprint density at radius 1 is 1.12 bits per heavy atom. The molecule has 4 heterocycles. The van der Waals surface area contributed by atoms with Gasteiger partial charge in [-0.3, -0.25) is 4.40 Å². The summed E-state index contributed by atoms with van der Waals surface area (Å²) in [6.07, 6.45) is 3.37. The zero-order valence-electron chi connectivity index (χ0n) is 23.2. The third-order valence-electron chi connectivity index (χ3n) is 7.20. The topological polar surface area (TPSA) is 95.0 Å². The lowest BCUT2D eigenvalue weighted by Gasteiger charge is -2.29. The Morgan fingerprint density at radius 3 is 2.73 bits per heavy atom. The molecular formula is C27H35F3N8OSi. The number of fused-ring (bicyclic) bond motifs is 1. The number of nitrogens with zero attached hydrogens (tertiary/aromatic N) is 7. The van der Waals surface area contributed by atoms with Crippen molar-refractivity contribution < 1.29 is 17.9 Å². The largest absolute Gasteiger partial charge is 0.420 e. The Labute approximate surface area is 232 Å². The lowest BCUT2D eigenvalue weighted by molar-refractivity contribution is -0.137. The van der Waals surface area contributed by atoms with Crippen LogP contribution in [0, 0.1) is 6.92 Å². The van der Waals surface area contributed by atoms with Gasteiger partial charge in [-0.1, -0.05) is 32.1 Å². The van der Waals surface area contributed by atoms with Crippen LogP contribution in [0.5, 0.6) is 0 Å². The summed E-state index contributed by atoms with van der Waals surface area (Å²) < 4.78 is 51.2. The third kappa shape index (κ3) is 6.52. The van der Waals surface area contributed by atoms with Crippen molar-refractivity contribution >= 4 is 19.7 Å². The van der Waals surface area contributed by atoms with Crippen LogP contribution in [0.25, 0.3) is 17.0 Å². The summed E-state index contributed by atoms with van der Waals surface area (Å²) in [7, 11) is -1.25. The minimum atomic E-state index is -4.62. The van der Waals surface area contributed by atoms with E-state index in [0.29, 0.717) is 12.2 Å². The molecule has 0 amide bonds. The zero-order chi connectivity index (χ0) is 28.5. The molecule has 9 nitrogen and oxygen atoms in total. The smallest absolute Gasteiger partial charge is 0.360 e. The normalized spacial score (nSPS) is 18.4. The van der Waals surface area contributed by atoms with Crippen LogP contribution >= 0.6 is 0 Å². The number of rotatable bonds is 9. The van der Waals surface area contributed by atoms with Crippen molar-refractivity contribution in [2.24, 2.45) is 0 Å². The Balaban J connectivity index is 1.35. The fourth-order valence-electron chi connectivity index (χ4n) is 5.07. The molecule has 1 N–H and O–H groups in total. The summed E-state index contributed by atoms with van der Waals surface area (Å²) in [6.45, 7) is 9.27. The van der Waals surface area contributed by atoms with Crippen LogP contribution in [-0.4, -0.2) is 55.1 Å². The molecule has 0 spiro atoms. The summed E-state index contributed by atoms with van der Waals surface area (Å²) in [5, 5.41) is 16.4. The first kappa shape index (κ1) is 28.2. The number of hydrogen-bond donors (Lipinski definition) is 1. The first-order chi connectivity index (χ1) is 19.0. The van der Waals surface area contributed by atoms with Crippen molar-refractivity contribution in [1.29, 1.82) is 0 Å². The maximum Gasteiger partial charge on any atom is 0.420 e. The molecule has 4 aromatic heterocycles. The van der Waals surface area contributed by atoms with Gasteiger partial charge in [-0.05, 0) is 49.9 Å². The zero-order valence-corrected chi connectivity index (χ0v) is 24.2. The molecule has 4 aromatic rings. The van der Waals surface area contributed by atoms with Crippen LogP contribution in [0.2, 0.25) is 25.7 Å². The van der Waals surface area contributed by atoms with E-state index in [1.54, 1.807) is 13.1 Å². The van der Waals surface area contributed by atoms with Crippen molar-refractivity contribution in [3.05, 3.63) is 53.7 Å². The summed E-state index contributed by atoms with van der Waals surface area (Å²) in [6, 6.07) is 6.76. The molecule has 0 saturated heterocycles. The number of aromatic nitrogens is 7. The van der Waals surface area contributed by atoms with Gasteiger partial charge < -0.3 is 10.1 Å². The molecule has 2 atom stereocenters. The molecule has 1 saturated carbocycles. The Bertz CT molecular complexity index is 1460. The number of ether oxygens (including phenoxy) is 1. The molecule has 0 radical (unpaired) electrons. The van der Waals surface area contributed by atoms with E-state index in [-0.39, 0.29) is 36.0 Å². The molecule has 1 aliphatic rings. The number of nitrogens with one attached hydrogen (secondary N) is 1. The van der Waals surface area contributed by atoms with Crippen molar-refractivity contribution in [1.82, 2.24) is 34.3 Å². The van der Waals surface area contributed by atoms with Gasteiger partial charge in [-0.2, -0.15) is 18.3 Å². The van der Waals surface area contributed by atoms with E-state index >= 15 is 0 Å². The quantitative estimate of drug-likeness (QED) is 0.190. The van der Waals surface area contributed by atoms with Gasteiger partial charge in [0.1, 0.15) is 29.5 Å². The fourth-order valence-corrected chi connectivity index (χ4v) is 5.83. The monoisotopic (exact) mass is 572 g/mol. The van der Waals surface area contributed by atoms with Gasteiger partial charge in [0, 0.05) is 45.2 Å². The van der Waals surface area contributed by atoms with Crippen LogP contribution in [0.3, 0.4) is 0 Å². The van der Waals surface area contributed by atoms with E-state index < -0.39 is 19.8 Å². The molecule has 0 aromatic carbocycles. The number of alkyl halides is 3. The van der Waals surface area contributed by atoms with Crippen LogP contribution in [0.4, 0.5) is 19.1 Å². The molecule has 13 heteroatoms. The second kappa shape index (κ2) is 11.3. The van der Waals surface area contributed by atoms with Crippen molar-refractivity contribution in [2.45, 2.75) is 83.2 Å². The molecular weight excluding hydrogens is 537 g/mol. The summed E-state index contributed by atoms with van der Waals surface area (Å²) in [4.78, 5) is 8.41. The Kier molecular flexibility index (Phi) is 7.95. The molecule has 0 bridgehead atoms. The average Bonchev–Trinajstić information content (AvgIpc) is 3.49. The van der Waals surface area contributed by atoms with Gasteiger partial charge in [0.05, 0.1) is 0 Å². The van der Waals surface area contributed by atoms with Crippen LogP contribution in [-0.2, 0) is 17.6 Å². The maximum atomic E-state index is 14.0. The predicted molar refractivity (Wildman–Crippen MR) is 149 cm³/mol. The van der Waals surface area contributed by atoms with Crippen molar-refractivity contribution in [2.75, 3.05) is 11.9 Å². The highest BCUT2D eigenvalue weighted by atomic mass is 28.3. The molecule has 5 rings (SSSR count). The number of anilines is 1. The number of halogens is 3. The number of hydrogen-bond acceptors (Lipinski definition) is 7. The van der Waals surface area contributed by atoms with Gasteiger partial charge in [0.25, 0.3) is 0 Å². The average molecular weight is 573 g/mol. The first-order valence-electron chi connectivity index (χ1n) is 13.6. The van der Waals surface area contributed by atoms with Gasteiger partial charge in [-0.25, -0.2) is 14.6 Å². The van der Waals surface area contributed by atoms with Crippen LogP contribution in [0.15, 0.2) is 36.8 Å². The fraction of sp³-hybridized carbons (Fsp3) is 0.519. The maximum absolute atomic E-state index is 14.0. The highest BCUT2D eigenvalue weighted by Crippen LogP contribution is 2.37. The van der Waals surface area contributed by atoms with Gasteiger partial charge >= 0.3 is 6.18 Å². The summed E-state index contributed by atoms with van der Waals surface area (Å²) in [5.74, 6) is 1.21. The molecule has 0 unspecified atom stereocenters. The molecule has 1 fully saturated rings. The lowest BCUT2D eigenvalue weighted by Crippen LogP contribution is -2.28. The summed E-state index contributed by atoms with van der Waals surface area (Å²) >= 11 is 0. The predicted octanol–water partition coefficient (Wildman–Crippen LogP) is 6.16. The SMILES string of the molecule is Cc1cn(COCC[Si](C)(C)C)nc1-c1nc(N[C@@H]2CCC[C@H](c3nnc4ccccn34)C2)ncc1C(F)(F)F. The van der Waals surface area contributed by atoms with Gasteiger partial charge in [-0.15, -0.1) is 10.2 Å². The molecule has 214 valence electrons. The highest BCUT2D eigenvalue weighted by molar-refractivity contribution is 6.76. The Morgan fingerprint density at radius 2 is 1.95 bits per heavy atom. The standard InChI is InChI=1S/C27H35F3N8OSi/c1-18-16-37(17-39-12-13-40(2,3)4)36-23(18)24-21(27(28,29)30)15-31-26(33-24)32-20-9-7-8-19(14-20)25-35-34-22-10-5-6-11-38(22)25/h5-6,10-11,15-16,19-20H,7-9,12-14,17H2,1-4H3,(H,31,32,33)/t19-,20+/m0/s1. The molecule has 1 aliphatic carbocycles. The number of pyridine rings is 1. The van der Waals surface area contributed by atoms with Crippen molar-refractivity contribution in [3.8, 4) is 11.4 Å². The highest BCUT2D eigenvalue weighted by Gasteiger charge is 2.37. The van der Waals surface area contributed by atoms with E-state index in [1.165, 1.54) is 4.68 Å². The minimum Gasteiger partial charge on any atom is -0.360 e. The van der Waals surface area contributed by atoms with Crippen molar-refractivity contribution in [3.63, 3.8) is 0 Å².